The van der Waals surface area contributed by atoms with Crippen LogP contribution in [0.25, 0.3) is 21.9 Å². The van der Waals surface area contributed by atoms with Gasteiger partial charge in [0.05, 0.1) is 17.5 Å². The van der Waals surface area contributed by atoms with Crippen molar-refractivity contribution in [1.82, 2.24) is 24.6 Å². The van der Waals surface area contributed by atoms with Gasteiger partial charge in [-0.1, -0.05) is 60.1 Å². The second-order valence-electron chi connectivity index (χ2n) is 6.58. The van der Waals surface area contributed by atoms with E-state index < -0.39 is 0 Å². The second-order valence-corrected chi connectivity index (χ2v) is 7.81. The summed E-state index contributed by atoms with van der Waals surface area (Å²) in [5.41, 5.74) is 5.85. The van der Waals surface area contributed by atoms with Gasteiger partial charge in [0, 0.05) is 23.3 Å². The Balaban J connectivity index is 1.47. The van der Waals surface area contributed by atoms with Crippen LogP contribution in [0.4, 0.5) is 0 Å². The Bertz CT molecular complexity index is 1390. The molecule has 5 aromatic rings. The third-order valence-electron chi connectivity index (χ3n) is 4.63. The molecule has 3 aromatic heterocycles. The van der Waals surface area contributed by atoms with E-state index >= 15 is 0 Å². The Morgan fingerprint density at radius 2 is 1.84 bits per heavy atom. The number of nitrogens with zero attached hydrogens (tertiary/aromatic N) is 5. The normalized spacial score (nSPS) is 11.4. The fourth-order valence-electron chi connectivity index (χ4n) is 3.17. The van der Waals surface area contributed by atoms with Crippen molar-refractivity contribution in [3.8, 4) is 16.9 Å². The zero-order chi connectivity index (χ0) is 21.2. The molecule has 3 heterocycles. The van der Waals surface area contributed by atoms with Crippen molar-refractivity contribution >= 4 is 40.0 Å². The first-order valence-electron chi connectivity index (χ1n) is 9.35. The predicted molar refractivity (Wildman–Crippen MR) is 122 cm³/mol. The first kappa shape index (κ1) is 19.2. The van der Waals surface area contributed by atoms with Crippen LogP contribution in [0.1, 0.15) is 16.1 Å². The highest BCUT2D eigenvalue weighted by Crippen LogP contribution is 2.24. The average Bonchev–Trinajstić information content (AvgIpc) is 3.51. The number of benzene rings is 2. The molecule has 7 nitrogen and oxygen atoms in total. The second kappa shape index (κ2) is 8.17. The number of fused-ring (bicyclic) bond motifs is 1. The van der Waals surface area contributed by atoms with Crippen LogP contribution in [0.2, 0.25) is 5.15 Å². The molecular weight excluding hydrogens is 432 g/mol. The van der Waals surface area contributed by atoms with E-state index in [1.807, 2.05) is 76.6 Å². The number of hydrazone groups is 1. The van der Waals surface area contributed by atoms with Crippen LogP contribution in [0.3, 0.4) is 0 Å². The van der Waals surface area contributed by atoms with Gasteiger partial charge in [0.2, 0.25) is 0 Å². The molecule has 0 atom stereocenters. The molecule has 1 amide bonds. The highest BCUT2D eigenvalue weighted by atomic mass is 35.5. The standard InChI is InChI=1S/C22H15ClN6OS/c23-20-18(28-11-12-31-22(28)25-20)13-24-26-21(30)17-14-29(16-9-5-2-6-10-16)27-19(17)15-7-3-1-4-8-15/h1-14H,(H,26,30)/b24-13+. The van der Waals surface area contributed by atoms with E-state index in [2.05, 4.69) is 20.6 Å². The lowest BCUT2D eigenvalue weighted by molar-refractivity contribution is 0.0955. The van der Waals surface area contributed by atoms with Gasteiger partial charge < -0.3 is 0 Å². The van der Waals surface area contributed by atoms with Gasteiger partial charge in [-0.25, -0.2) is 15.1 Å². The minimum Gasteiger partial charge on any atom is -0.288 e. The lowest BCUT2D eigenvalue weighted by Crippen LogP contribution is -2.18. The number of halogens is 1. The number of hydrogen-bond donors (Lipinski definition) is 1. The quantitative estimate of drug-likeness (QED) is 0.315. The van der Waals surface area contributed by atoms with E-state index in [-0.39, 0.29) is 5.91 Å². The van der Waals surface area contributed by atoms with Crippen molar-refractivity contribution < 1.29 is 4.79 Å². The number of carbonyl (C=O) groups excluding carboxylic acids is 1. The molecule has 0 aliphatic carbocycles. The fraction of sp³-hybridized carbons (Fsp3) is 0. The number of nitrogens with one attached hydrogen (secondary N) is 1. The molecule has 0 aliphatic rings. The van der Waals surface area contributed by atoms with Crippen LogP contribution in [-0.4, -0.2) is 31.3 Å². The molecule has 0 saturated heterocycles. The maximum Gasteiger partial charge on any atom is 0.275 e. The van der Waals surface area contributed by atoms with E-state index in [1.165, 1.54) is 17.6 Å². The molecule has 0 aliphatic heterocycles. The number of rotatable bonds is 5. The molecule has 5 rings (SSSR count). The lowest BCUT2D eigenvalue weighted by Gasteiger charge is -2.01. The maximum absolute atomic E-state index is 13.0. The molecule has 2 aromatic carbocycles. The van der Waals surface area contributed by atoms with Crippen LogP contribution >= 0.6 is 22.9 Å². The van der Waals surface area contributed by atoms with Crippen molar-refractivity contribution in [2.45, 2.75) is 0 Å². The monoisotopic (exact) mass is 446 g/mol. The number of imidazole rings is 1. The smallest absolute Gasteiger partial charge is 0.275 e. The Kier molecular flexibility index (Phi) is 5.07. The summed E-state index contributed by atoms with van der Waals surface area (Å²) in [6.07, 6.45) is 5.03. The van der Waals surface area contributed by atoms with Crippen molar-refractivity contribution in [2.75, 3.05) is 0 Å². The average molecular weight is 447 g/mol. The van der Waals surface area contributed by atoms with Gasteiger partial charge in [0.1, 0.15) is 11.4 Å². The molecule has 1 N–H and O–H groups in total. The fourth-order valence-corrected chi connectivity index (χ4v) is 4.16. The van der Waals surface area contributed by atoms with Gasteiger partial charge in [-0.3, -0.25) is 9.20 Å². The van der Waals surface area contributed by atoms with Crippen LogP contribution in [0.5, 0.6) is 0 Å². The van der Waals surface area contributed by atoms with Crippen LogP contribution in [0, 0.1) is 0 Å². The maximum atomic E-state index is 13.0. The first-order valence-corrected chi connectivity index (χ1v) is 10.6. The van der Waals surface area contributed by atoms with Gasteiger partial charge in [0.25, 0.3) is 5.91 Å². The van der Waals surface area contributed by atoms with E-state index in [0.717, 1.165) is 16.2 Å². The molecule has 0 spiro atoms. The van der Waals surface area contributed by atoms with Gasteiger partial charge in [-0.05, 0) is 12.1 Å². The lowest BCUT2D eigenvalue weighted by atomic mass is 10.1. The van der Waals surface area contributed by atoms with Gasteiger partial charge in [0.15, 0.2) is 10.1 Å². The van der Waals surface area contributed by atoms with E-state index in [9.17, 15) is 4.79 Å². The predicted octanol–water partition coefficient (Wildman–Crippen LogP) is 4.67. The number of hydrogen-bond acceptors (Lipinski definition) is 5. The summed E-state index contributed by atoms with van der Waals surface area (Å²) in [6, 6.07) is 19.2. The SMILES string of the molecule is O=C(N/N=C/c1c(Cl)nc2sccn12)c1cn(-c2ccccc2)nc1-c1ccccc1. The number of para-hydroxylation sites is 1. The summed E-state index contributed by atoms with van der Waals surface area (Å²) in [4.78, 5) is 18.0. The topological polar surface area (TPSA) is 76.6 Å². The molecule has 0 bridgehead atoms. The van der Waals surface area contributed by atoms with Crippen molar-refractivity contribution in [2.24, 2.45) is 5.10 Å². The summed E-state index contributed by atoms with van der Waals surface area (Å²) in [6.45, 7) is 0. The Labute approximate surface area is 186 Å². The van der Waals surface area contributed by atoms with Crippen LogP contribution in [-0.2, 0) is 0 Å². The number of thiazole rings is 1. The van der Waals surface area contributed by atoms with Crippen molar-refractivity contribution in [3.05, 3.63) is 94.8 Å². The Hall–Kier alpha value is -3.75. The summed E-state index contributed by atoms with van der Waals surface area (Å²) >= 11 is 7.64. The molecule has 0 saturated carbocycles. The molecule has 31 heavy (non-hydrogen) atoms. The number of amides is 1. The summed E-state index contributed by atoms with van der Waals surface area (Å²) in [5.74, 6) is -0.375. The third kappa shape index (κ3) is 3.74. The molecular formula is C22H15ClN6OS. The number of aromatic nitrogens is 4. The van der Waals surface area contributed by atoms with Gasteiger partial charge in [-0.2, -0.15) is 10.2 Å². The third-order valence-corrected chi connectivity index (χ3v) is 5.67. The Morgan fingerprint density at radius 3 is 2.61 bits per heavy atom. The van der Waals surface area contributed by atoms with Crippen LogP contribution < -0.4 is 5.43 Å². The highest BCUT2D eigenvalue weighted by molar-refractivity contribution is 7.15. The summed E-state index contributed by atoms with van der Waals surface area (Å²) in [5, 5.41) is 11.0. The zero-order valence-electron chi connectivity index (χ0n) is 16.0. The zero-order valence-corrected chi connectivity index (χ0v) is 17.6. The summed E-state index contributed by atoms with van der Waals surface area (Å²) in [7, 11) is 0. The van der Waals surface area contributed by atoms with Crippen LogP contribution in [0.15, 0.2) is 83.5 Å². The Morgan fingerprint density at radius 1 is 1.10 bits per heavy atom. The largest absolute Gasteiger partial charge is 0.288 e. The van der Waals surface area contributed by atoms with Gasteiger partial charge >= 0.3 is 0 Å². The molecule has 9 heteroatoms. The number of carbonyl (C=O) groups is 1. The van der Waals surface area contributed by atoms with Crippen molar-refractivity contribution in [1.29, 1.82) is 0 Å². The van der Waals surface area contributed by atoms with E-state index in [0.29, 0.717) is 22.1 Å². The van der Waals surface area contributed by atoms with E-state index in [4.69, 9.17) is 11.6 Å². The van der Waals surface area contributed by atoms with Crippen molar-refractivity contribution in [3.63, 3.8) is 0 Å². The molecule has 152 valence electrons. The first-order chi connectivity index (χ1) is 15.2. The minimum atomic E-state index is -0.375. The molecule has 0 unspecified atom stereocenters. The minimum absolute atomic E-state index is 0.326. The summed E-state index contributed by atoms with van der Waals surface area (Å²) < 4.78 is 3.50. The highest BCUT2D eigenvalue weighted by Gasteiger charge is 2.18. The molecule has 0 fully saturated rings. The van der Waals surface area contributed by atoms with E-state index in [1.54, 1.807) is 10.9 Å². The van der Waals surface area contributed by atoms with Gasteiger partial charge in [-0.15, -0.1) is 11.3 Å². The molecule has 0 radical (unpaired) electrons.